The van der Waals surface area contributed by atoms with Gasteiger partial charge in [-0.15, -0.1) is 0 Å². The minimum absolute atomic E-state index is 0.232. The zero-order valence-corrected chi connectivity index (χ0v) is 5.67. The maximum Gasteiger partial charge on any atom is 0.512 e. The van der Waals surface area contributed by atoms with E-state index in [1.807, 2.05) is 0 Å². The van der Waals surface area contributed by atoms with Crippen molar-refractivity contribution >= 4 is 14.8 Å². The topological polar surface area (TPSA) is 76.0 Å². The Kier molecular flexibility index (Phi) is 4.30. The lowest BCUT2D eigenvalue weighted by Crippen LogP contribution is -1.96. The first-order chi connectivity index (χ1) is 4.16. The summed E-state index contributed by atoms with van der Waals surface area (Å²) in [5, 5.41) is 7.86. The van der Waals surface area contributed by atoms with Crippen LogP contribution in [0.25, 0.3) is 0 Å². The van der Waals surface area contributed by atoms with Crippen LogP contribution in [0.15, 0.2) is 0 Å². The third-order valence-corrected chi connectivity index (χ3v) is 1.19. The lowest BCUT2D eigenvalue weighted by atomic mass is 10.9. The summed E-state index contributed by atoms with van der Waals surface area (Å²) in [4.78, 5) is 18.1. The average molecular weight is 154 g/mol. The summed E-state index contributed by atoms with van der Waals surface area (Å²) < 4.78 is 8.18. The quantitative estimate of drug-likeness (QED) is 0.591. The van der Waals surface area contributed by atoms with Gasteiger partial charge in [-0.25, -0.2) is 4.79 Å². The molecule has 0 bridgehead atoms. The van der Waals surface area contributed by atoms with Gasteiger partial charge in [-0.2, -0.15) is 0 Å². The van der Waals surface area contributed by atoms with Crippen LogP contribution in [0.3, 0.4) is 0 Å². The van der Waals surface area contributed by atoms with E-state index in [0.717, 1.165) is 0 Å². The van der Waals surface area contributed by atoms with E-state index in [4.69, 9.17) is 10.00 Å². The van der Waals surface area contributed by atoms with E-state index >= 15 is 0 Å². The summed E-state index contributed by atoms with van der Waals surface area (Å²) in [6, 6.07) is 0. The van der Waals surface area contributed by atoms with E-state index in [9.17, 15) is 4.79 Å². The predicted octanol–water partition coefficient (Wildman–Crippen LogP) is 0.937. The molecule has 0 aliphatic rings. The third kappa shape index (κ3) is 5.49. The van der Waals surface area contributed by atoms with E-state index in [1.54, 1.807) is 6.92 Å². The molecular formula is C3H7O5P. The molecule has 5 nitrogen and oxygen atoms in total. The average Bonchev–Trinajstić information content (AvgIpc) is 1.63. The standard InChI is InChI=1S/C3H7O5P/c1-2-7-9(6)8-3(4)5/h6H,2H2,1H3,(H,4,5). The normalized spacial score (nSPS) is 12.7. The summed E-state index contributed by atoms with van der Waals surface area (Å²) in [6.45, 7) is 1.85. The highest BCUT2D eigenvalue weighted by Crippen LogP contribution is 2.31. The fourth-order valence-electron chi connectivity index (χ4n) is 0.204. The zero-order valence-electron chi connectivity index (χ0n) is 4.77. The van der Waals surface area contributed by atoms with Gasteiger partial charge in [0.15, 0.2) is 0 Å². The second-order valence-corrected chi connectivity index (χ2v) is 1.93. The highest BCUT2D eigenvalue weighted by atomic mass is 31.2. The van der Waals surface area contributed by atoms with Crippen LogP contribution in [-0.4, -0.2) is 22.8 Å². The van der Waals surface area contributed by atoms with Crippen LogP contribution in [0, 0.1) is 0 Å². The van der Waals surface area contributed by atoms with E-state index in [-0.39, 0.29) is 6.61 Å². The van der Waals surface area contributed by atoms with Crippen molar-refractivity contribution in [3.63, 3.8) is 0 Å². The predicted molar refractivity (Wildman–Crippen MR) is 29.9 cm³/mol. The second-order valence-electron chi connectivity index (χ2n) is 1.01. The smallest absolute Gasteiger partial charge is 0.449 e. The van der Waals surface area contributed by atoms with Gasteiger partial charge in [-0.1, -0.05) is 0 Å². The summed E-state index contributed by atoms with van der Waals surface area (Å²) >= 11 is 0. The Hall–Kier alpha value is -0.380. The molecule has 0 saturated heterocycles. The van der Waals surface area contributed by atoms with Crippen molar-refractivity contribution in [3.8, 4) is 0 Å². The molecule has 0 rings (SSSR count). The van der Waals surface area contributed by atoms with Crippen LogP contribution in [0.4, 0.5) is 4.79 Å². The molecule has 9 heavy (non-hydrogen) atoms. The SMILES string of the molecule is CCOP(O)OC(=O)O. The lowest BCUT2D eigenvalue weighted by Gasteiger charge is -2.03. The molecule has 0 aromatic carbocycles. The molecule has 1 unspecified atom stereocenters. The summed E-state index contributed by atoms with van der Waals surface area (Å²) in [6.07, 6.45) is -1.53. The molecule has 0 aliphatic carbocycles. The first-order valence-electron chi connectivity index (χ1n) is 2.19. The number of carbonyl (C=O) groups is 1. The highest BCUT2D eigenvalue weighted by Gasteiger charge is 2.09. The molecule has 0 spiro atoms. The molecule has 54 valence electrons. The van der Waals surface area contributed by atoms with Crippen molar-refractivity contribution in [2.75, 3.05) is 6.61 Å². The molecule has 0 aromatic rings. The van der Waals surface area contributed by atoms with Gasteiger partial charge < -0.3 is 19.0 Å². The lowest BCUT2D eigenvalue weighted by molar-refractivity contribution is 0.131. The van der Waals surface area contributed by atoms with Gasteiger partial charge in [0, 0.05) is 0 Å². The number of hydrogen-bond donors (Lipinski definition) is 2. The van der Waals surface area contributed by atoms with Crippen LogP contribution in [0.5, 0.6) is 0 Å². The number of rotatable bonds is 3. The third-order valence-electron chi connectivity index (χ3n) is 0.396. The highest BCUT2D eigenvalue weighted by molar-refractivity contribution is 7.41. The first-order valence-corrected chi connectivity index (χ1v) is 3.32. The van der Waals surface area contributed by atoms with Crippen molar-refractivity contribution in [1.29, 1.82) is 0 Å². The van der Waals surface area contributed by atoms with E-state index in [0.29, 0.717) is 0 Å². The summed E-state index contributed by atoms with van der Waals surface area (Å²) in [5.41, 5.74) is 0. The van der Waals surface area contributed by atoms with Crippen LogP contribution < -0.4 is 0 Å². The molecule has 6 heteroatoms. The molecule has 0 heterocycles. The van der Waals surface area contributed by atoms with E-state index in [1.165, 1.54) is 0 Å². The van der Waals surface area contributed by atoms with Crippen LogP contribution >= 0.6 is 8.60 Å². The van der Waals surface area contributed by atoms with E-state index < -0.39 is 14.8 Å². The monoisotopic (exact) mass is 154 g/mol. The van der Waals surface area contributed by atoms with Crippen molar-refractivity contribution in [1.82, 2.24) is 0 Å². The van der Waals surface area contributed by atoms with Gasteiger partial charge in [-0.3, -0.25) is 0 Å². The Balaban J connectivity index is 3.26. The fraction of sp³-hybridized carbons (Fsp3) is 0.667. The van der Waals surface area contributed by atoms with Crippen LogP contribution in [0.1, 0.15) is 6.92 Å². The molecule has 0 aliphatic heterocycles. The van der Waals surface area contributed by atoms with Gasteiger partial charge in [0.05, 0.1) is 6.61 Å². The van der Waals surface area contributed by atoms with Crippen LogP contribution in [-0.2, 0) is 9.05 Å². The Morgan fingerprint density at radius 1 is 1.78 bits per heavy atom. The second kappa shape index (κ2) is 4.49. The van der Waals surface area contributed by atoms with Gasteiger partial charge >= 0.3 is 14.8 Å². The Morgan fingerprint density at radius 3 is 2.67 bits per heavy atom. The van der Waals surface area contributed by atoms with Gasteiger partial charge in [0.25, 0.3) is 0 Å². The Morgan fingerprint density at radius 2 is 2.33 bits per heavy atom. The van der Waals surface area contributed by atoms with Gasteiger partial charge in [0.2, 0.25) is 0 Å². The van der Waals surface area contributed by atoms with Crippen molar-refractivity contribution < 1.29 is 23.8 Å². The molecule has 0 radical (unpaired) electrons. The van der Waals surface area contributed by atoms with E-state index in [2.05, 4.69) is 9.05 Å². The molecule has 0 amide bonds. The molecule has 1 atom stereocenters. The Bertz CT molecular complexity index is 94.2. The minimum Gasteiger partial charge on any atom is -0.449 e. The minimum atomic E-state index is -2.22. The maximum absolute atomic E-state index is 9.64. The fourth-order valence-corrected chi connectivity index (χ4v) is 0.611. The summed E-state index contributed by atoms with van der Waals surface area (Å²) in [7, 11) is -2.22. The van der Waals surface area contributed by atoms with Crippen molar-refractivity contribution in [2.45, 2.75) is 6.92 Å². The first kappa shape index (κ1) is 8.62. The van der Waals surface area contributed by atoms with Crippen molar-refractivity contribution in [2.24, 2.45) is 0 Å². The van der Waals surface area contributed by atoms with Crippen molar-refractivity contribution in [3.05, 3.63) is 0 Å². The molecule has 0 aromatic heterocycles. The largest absolute Gasteiger partial charge is 0.512 e. The van der Waals surface area contributed by atoms with Gasteiger partial charge in [-0.05, 0) is 6.92 Å². The number of carboxylic acid groups (broad SMARTS) is 1. The molecule has 0 saturated carbocycles. The maximum atomic E-state index is 9.64. The summed E-state index contributed by atoms with van der Waals surface area (Å²) in [5.74, 6) is 0. The molecular weight excluding hydrogens is 147 g/mol. The Labute approximate surface area is 53.2 Å². The molecule has 2 N–H and O–H groups in total. The van der Waals surface area contributed by atoms with Gasteiger partial charge in [0.1, 0.15) is 0 Å². The molecule has 0 fully saturated rings. The zero-order chi connectivity index (χ0) is 7.28. The number of hydrogen-bond acceptors (Lipinski definition) is 4. The van der Waals surface area contributed by atoms with Crippen LogP contribution in [0.2, 0.25) is 0 Å².